The van der Waals surface area contributed by atoms with Crippen molar-refractivity contribution in [3.63, 3.8) is 0 Å². The van der Waals surface area contributed by atoms with Gasteiger partial charge in [-0.2, -0.15) is 0 Å². The third-order valence-electron chi connectivity index (χ3n) is 4.40. The molecule has 4 nitrogen and oxygen atoms in total. The molecule has 2 atom stereocenters. The van der Waals surface area contributed by atoms with Crippen molar-refractivity contribution in [2.45, 2.75) is 57.5 Å². The van der Waals surface area contributed by atoms with Gasteiger partial charge in [0.05, 0.1) is 0 Å². The average molecular weight is 339 g/mol. The van der Waals surface area contributed by atoms with Gasteiger partial charge in [0.25, 0.3) is 0 Å². The zero-order valence-electron chi connectivity index (χ0n) is 12.3. The highest BCUT2D eigenvalue weighted by Crippen LogP contribution is 2.28. The van der Waals surface area contributed by atoms with Crippen LogP contribution in [0.1, 0.15) is 51.3 Å². The van der Waals surface area contributed by atoms with E-state index in [0.29, 0.717) is 12.0 Å². The molecule has 5 heteroatoms. The molecule has 3 rings (SSSR count). The summed E-state index contributed by atoms with van der Waals surface area (Å²) >= 11 is 3.49. The van der Waals surface area contributed by atoms with Crippen LogP contribution in [0.15, 0.2) is 10.7 Å². The third-order valence-corrected chi connectivity index (χ3v) is 4.81. The molecule has 0 aromatic carbocycles. The summed E-state index contributed by atoms with van der Waals surface area (Å²) in [5.74, 6) is 2.22. The topological polar surface area (TPSA) is 41.1 Å². The van der Waals surface area contributed by atoms with Crippen molar-refractivity contribution >= 4 is 21.7 Å². The standard InChI is InChI=1S/C15H23BrN4/c1-10(2)15-18-13(16)9-14(19-15)17-11-5-7-20-6-3-4-12(20)8-11/h9-12H,3-8H2,1-2H3,(H,17,18,19). The fourth-order valence-corrected chi connectivity index (χ4v) is 3.73. The minimum absolute atomic E-state index is 0.352. The van der Waals surface area contributed by atoms with Gasteiger partial charge in [-0.1, -0.05) is 13.8 Å². The van der Waals surface area contributed by atoms with Crippen molar-refractivity contribution in [3.05, 3.63) is 16.5 Å². The van der Waals surface area contributed by atoms with E-state index in [1.54, 1.807) is 0 Å². The average Bonchev–Trinajstić information content (AvgIpc) is 2.85. The van der Waals surface area contributed by atoms with Crippen molar-refractivity contribution in [2.75, 3.05) is 18.4 Å². The van der Waals surface area contributed by atoms with Gasteiger partial charge in [-0.25, -0.2) is 9.97 Å². The van der Waals surface area contributed by atoms with Gasteiger partial charge in [-0.15, -0.1) is 0 Å². The predicted molar refractivity (Wildman–Crippen MR) is 85.1 cm³/mol. The first-order valence-electron chi connectivity index (χ1n) is 7.67. The number of nitrogens with one attached hydrogen (secondary N) is 1. The van der Waals surface area contributed by atoms with Crippen molar-refractivity contribution in [1.82, 2.24) is 14.9 Å². The highest BCUT2D eigenvalue weighted by molar-refractivity contribution is 9.10. The Balaban J connectivity index is 1.68. The van der Waals surface area contributed by atoms with Crippen molar-refractivity contribution in [1.29, 1.82) is 0 Å². The van der Waals surface area contributed by atoms with Gasteiger partial charge in [-0.3, -0.25) is 0 Å². The molecule has 0 amide bonds. The van der Waals surface area contributed by atoms with Crippen LogP contribution >= 0.6 is 15.9 Å². The van der Waals surface area contributed by atoms with E-state index in [0.717, 1.165) is 22.3 Å². The number of halogens is 1. The molecular formula is C15H23BrN4. The number of nitrogens with zero attached hydrogens (tertiary/aromatic N) is 3. The molecule has 2 unspecified atom stereocenters. The minimum Gasteiger partial charge on any atom is -0.367 e. The molecule has 1 aromatic rings. The molecule has 20 heavy (non-hydrogen) atoms. The summed E-state index contributed by atoms with van der Waals surface area (Å²) < 4.78 is 0.872. The van der Waals surface area contributed by atoms with Crippen LogP contribution in [-0.2, 0) is 0 Å². The lowest BCUT2D eigenvalue weighted by Crippen LogP contribution is -2.42. The largest absolute Gasteiger partial charge is 0.367 e. The van der Waals surface area contributed by atoms with Gasteiger partial charge in [0.2, 0.25) is 0 Å². The van der Waals surface area contributed by atoms with E-state index in [4.69, 9.17) is 0 Å². The number of rotatable bonds is 3. The fraction of sp³-hybridized carbons (Fsp3) is 0.733. The van der Waals surface area contributed by atoms with Gasteiger partial charge in [0.1, 0.15) is 16.2 Å². The van der Waals surface area contributed by atoms with E-state index < -0.39 is 0 Å². The number of anilines is 1. The van der Waals surface area contributed by atoms with Crippen molar-refractivity contribution in [2.24, 2.45) is 0 Å². The van der Waals surface area contributed by atoms with Gasteiger partial charge < -0.3 is 10.2 Å². The van der Waals surface area contributed by atoms with E-state index in [-0.39, 0.29) is 0 Å². The lowest BCUT2D eigenvalue weighted by molar-refractivity contribution is 0.188. The summed E-state index contributed by atoms with van der Waals surface area (Å²) in [6.07, 6.45) is 5.20. The number of hydrogen-bond donors (Lipinski definition) is 1. The molecule has 1 N–H and O–H groups in total. The molecule has 0 radical (unpaired) electrons. The highest BCUT2D eigenvalue weighted by atomic mass is 79.9. The molecule has 0 saturated carbocycles. The predicted octanol–water partition coefficient (Wildman–Crippen LogP) is 3.40. The van der Waals surface area contributed by atoms with Gasteiger partial charge in [0, 0.05) is 30.6 Å². The Morgan fingerprint density at radius 2 is 2.15 bits per heavy atom. The number of fused-ring (bicyclic) bond motifs is 1. The number of hydrogen-bond acceptors (Lipinski definition) is 4. The Bertz CT molecular complexity index is 477. The second-order valence-corrected chi connectivity index (χ2v) is 7.10. The molecule has 0 aliphatic carbocycles. The fourth-order valence-electron chi connectivity index (χ4n) is 3.33. The smallest absolute Gasteiger partial charge is 0.134 e. The van der Waals surface area contributed by atoms with Crippen LogP contribution in [0.3, 0.4) is 0 Å². The van der Waals surface area contributed by atoms with E-state index in [9.17, 15) is 0 Å². The lowest BCUT2D eigenvalue weighted by Gasteiger charge is -2.35. The Morgan fingerprint density at radius 1 is 1.30 bits per heavy atom. The van der Waals surface area contributed by atoms with Crippen LogP contribution in [-0.4, -0.2) is 40.0 Å². The zero-order valence-corrected chi connectivity index (χ0v) is 13.9. The van der Waals surface area contributed by atoms with Crippen LogP contribution < -0.4 is 5.32 Å². The second kappa shape index (κ2) is 5.98. The molecule has 2 fully saturated rings. The Kier molecular flexibility index (Phi) is 4.26. The SMILES string of the molecule is CC(C)c1nc(Br)cc(NC2CCN3CCCC3C2)n1. The summed E-state index contributed by atoms with van der Waals surface area (Å²) in [4.78, 5) is 11.7. The Hall–Kier alpha value is -0.680. The lowest BCUT2D eigenvalue weighted by atomic mass is 9.97. The highest BCUT2D eigenvalue weighted by Gasteiger charge is 2.31. The molecular weight excluding hydrogens is 316 g/mol. The maximum atomic E-state index is 4.65. The number of piperidine rings is 1. The zero-order chi connectivity index (χ0) is 14.1. The van der Waals surface area contributed by atoms with Crippen LogP contribution in [0.25, 0.3) is 0 Å². The summed E-state index contributed by atoms with van der Waals surface area (Å²) in [6, 6.07) is 3.33. The first-order chi connectivity index (χ1) is 9.61. The van der Waals surface area contributed by atoms with Crippen LogP contribution in [0.4, 0.5) is 5.82 Å². The Labute approximate surface area is 129 Å². The molecule has 0 spiro atoms. The van der Waals surface area contributed by atoms with Crippen LogP contribution in [0.2, 0.25) is 0 Å². The summed E-state index contributed by atoms with van der Waals surface area (Å²) in [6.45, 7) is 6.78. The van der Waals surface area contributed by atoms with E-state index in [2.05, 4.69) is 50.0 Å². The van der Waals surface area contributed by atoms with Gasteiger partial charge in [-0.05, 0) is 48.2 Å². The molecule has 1 aromatic heterocycles. The molecule has 2 saturated heterocycles. The van der Waals surface area contributed by atoms with Gasteiger partial charge >= 0.3 is 0 Å². The monoisotopic (exact) mass is 338 g/mol. The minimum atomic E-state index is 0.352. The van der Waals surface area contributed by atoms with Crippen LogP contribution in [0.5, 0.6) is 0 Å². The molecule has 2 aliphatic rings. The first kappa shape index (κ1) is 14.3. The van der Waals surface area contributed by atoms with Crippen molar-refractivity contribution < 1.29 is 0 Å². The van der Waals surface area contributed by atoms with Crippen molar-refractivity contribution in [3.8, 4) is 0 Å². The Morgan fingerprint density at radius 3 is 2.95 bits per heavy atom. The summed E-state index contributed by atoms with van der Waals surface area (Å²) in [7, 11) is 0. The normalized spacial score (nSPS) is 26.8. The van der Waals surface area contributed by atoms with E-state index in [1.807, 2.05) is 6.07 Å². The molecule has 110 valence electrons. The maximum Gasteiger partial charge on any atom is 0.134 e. The van der Waals surface area contributed by atoms with E-state index >= 15 is 0 Å². The second-order valence-electron chi connectivity index (χ2n) is 6.29. The number of aromatic nitrogens is 2. The quantitative estimate of drug-likeness (QED) is 0.857. The van der Waals surface area contributed by atoms with Crippen LogP contribution in [0, 0.1) is 0 Å². The summed E-state index contributed by atoms with van der Waals surface area (Å²) in [5.41, 5.74) is 0. The molecule has 0 bridgehead atoms. The van der Waals surface area contributed by atoms with E-state index in [1.165, 1.54) is 38.8 Å². The third kappa shape index (κ3) is 3.14. The first-order valence-corrected chi connectivity index (χ1v) is 8.46. The molecule has 3 heterocycles. The maximum absolute atomic E-state index is 4.65. The summed E-state index contributed by atoms with van der Waals surface area (Å²) in [5, 5.41) is 3.62. The molecule has 2 aliphatic heterocycles. The van der Waals surface area contributed by atoms with Gasteiger partial charge in [0.15, 0.2) is 0 Å².